The number of carboxylic acid groups (broad SMARTS) is 1. The molecule has 0 aliphatic carbocycles. The number of hydrogen-bond acceptors (Lipinski definition) is 7. The summed E-state index contributed by atoms with van der Waals surface area (Å²) >= 11 is 0. The summed E-state index contributed by atoms with van der Waals surface area (Å²) in [4.78, 5) is 53.0. The van der Waals surface area contributed by atoms with E-state index in [-0.39, 0.29) is 36.8 Å². The number of aromatic hydroxyl groups is 2. The quantitative estimate of drug-likeness (QED) is 0.243. The molecule has 7 N–H and O–H groups in total. The lowest BCUT2D eigenvalue weighted by atomic mass is 10.00. The third-order valence-electron chi connectivity index (χ3n) is 6.84. The summed E-state index contributed by atoms with van der Waals surface area (Å²) in [6.45, 7) is 3.80. The Hall–Kier alpha value is -4.12. The number of likely N-dealkylation sites (tertiary alicyclic amines) is 1. The Morgan fingerprint density at radius 1 is 0.872 bits per heavy atom. The number of nitrogens with zero attached hydrogens (tertiary/aromatic N) is 1. The fourth-order valence-electron chi connectivity index (χ4n) is 4.48. The van der Waals surface area contributed by atoms with Gasteiger partial charge >= 0.3 is 5.97 Å². The number of aliphatic carboxylic acids is 1. The van der Waals surface area contributed by atoms with Gasteiger partial charge in [0.05, 0.1) is 6.04 Å². The van der Waals surface area contributed by atoms with Gasteiger partial charge in [0, 0.05) is 19.4 Å². The molecule has 0 aromatic heterocycles. The van der Waals surface area contributed by atoms with Gasteiger partial charge < -0.3 is 36.6 Å². The monoisotopic (exact) mass is 540 g/mol. The maximum Gasteiger partial charge on any atom is 0.326 e. The molecule has 4 atom stereocenters. The Bertz CT molecular complexity index is 1170. The normalized spacial score (nSPS) is 17.3. The van der Waals surface area contributed by atoms with Crippen molar-refractivity contribution in [1.29, 1.82) is 0 Å². The predicted octanol–water partition coefficient (Wildman–Crippen LogP) is 0.912. The Morgan fingerprint density at radius 2 is 1.36 bits per heavy atom. The van der Waals surface area contributed by atoms with Gasteiger partial charge in [-0.2, -0.15) is 0 Å². The van der Waals surface area contributed by atoms with E-state index < -0.39 is 47.9 Å². The van der Waals surface area contributed by atoms with Crippen LogP contribution in [-0.2, 0) is 32.0 Å². The number of nitrogens with one attached hydrogen (secondary N) is 2. The van der Waals surface area contributed by atoms with E-state index in [2.05, 4.69) is 10.6 Å². The number of hydrogen-bond donors (Lipinski definition) is 6. The van der Waals surface area contributed by atoms with Gasteiger partial charge in [-0.15, -0.1) is 0 Å². The first-order chi connectivity index (χ1) is 18.5. The second-order valence-corrected chi connectivity index (χ2v) is 10.2. The molecule has 0 radical (unpaired) electrons. The molecule has 1 saturated heterocycles. The number of phenolic OH excluding ortho intramolecular Hbond substituents is 2. The summed E-state index contributed by atoms with van der Waals surface area (Å²) in [7, 11) is 0. The lowest BCUT2D eigenvalue weighted by Gasteiger charge is -2.29. The van der Waals surface area contributed by atoms with Crippen LogP contribution in [0.1, 0.15) is 37.8 Å². The Morgan fingerprint density at radius 3 is 1.85 bits per heavy atom. The van der Waals surface area contributed by atoms with Crippen molar-refractivity contribution < 1.29 is 34.5 Å². The average molecular weight is 541 g/mol. The van der Waals surface area contributed by atoms with E-state index in [1.54, 1.807) is 38.1 Å². The molecule has 0 saturated carbocycles. The highest BCUT2D eigenvalue weighted by molar-refractivity contribution is 5.94. The summed E-state index contributed by atoms with van der Waals surface area (Å²) in [6.07, 6.45) is 0.937. The number of carbonyl (C=O) groups excluding carboxylic acids is 3. The van der Waals surface area contributed by atoms with E-state index in [4.69, 9.17) is 5.73 Å². The first-order valence-electron chi connectivity index (χ1n) is 12.9. The molecular formula is C28H36N4O7. The van der Waals surface area contributed by atoms with Crippen LogP contribution in [-0.4, -0.2) is 74.6 Å². The molecule has 0 bridgehead atoms. The van der Waals surface area contributed by atoms with Crippen molar-refractivity contribution in [2.75, 3.05) is 6.54 Å². The van der Waals surface area contributed by atoms with Crippen LogP contribution in [0.2, 0.25) is 0 Å². The van der Waals surface area contributed by atoms with Crippen LogP contribution in [0.4, 0.5) is 0 Å². The molecule has 3 rings (SSSR count). The summed E-state index contributed by atoms with van der Waals surface area (Å²) < 4.78 is 0. The van der Waals surface area contributed by atoms with Crippen LogP contribution in [0, 0.1) is 5.92 Å². The zero-order chi connectivity index (χ0) is 28.7. The van der Waals surface area contributed by atoms with Crippen molar-refractivity contribution in [1.82, 2.24) is 15.5 Å². The lowest BCUT2D eigenvalue weighted by Crippen LogP contribution is -2.58. The molecule has 11 nitrogen and oxygen atoms in total. The minimum Gasteiger partial charge on any atom is -0.508 e. The van der Waals surface area contributed by atoms with Crippen LogP contribution >= 0.6 is 0 Å². The summed E-state index contributed by atoms with van der Waals surface area (Å²) in [5.74, 6) is -2.94. The van der Waals surface area contributed by atoms with Crippen molar-refractivity contribution in [3.05, 3.63) is 59.7 Å². The van der Waals surface area contributed by atoms with Crippen molar-refractivity contribution in [2.24, 2.45) is 11.7 Å². The number of carbonyl (C=O) groups is 4. The van der Waals surface area contributed by atoms with Gasteiger partial charge in [0.1, 0.15) is 29.6 Å². The van der Waals surface area contributed by atoms with Crippen LogP contribution in [0.15, 0.2) is 48.5 Å². The lowest BCUT2D eigenvalue weighted by molar-refractivity contribution is -0.149. The first kappa shape index (κ1) is 29.4. The molecule has 11 heteroatoms. The molecule has 4 unspecified atom stereocenters. The standard InChI is InChI=1S/C28H36N4O7/c1-16(2)24(29)26(36)30-21(14-17-5-9-19(33)10-6-17)25(35)31-22(15-18-7-11-20(34)12-8-18)27(37)32-13-3-4-23(32)28(38)39/h5-12,16,21-24,33-34H,3-4,13-15,29H2,1-2H3,(H,30,36)(H,31,35)(H,38,39). The topological polar surface area (TPSA) is 182 Å². The van der Waals surface area contributed by atoms with Crippen LogP contribution < -0.4 is 16.4 Å². The molecular weight excluding hydrogens is 504 g/mol. The second kappa shape index (κ2) is 13.1. The van der Waals surface area contributed by atoms with E-state index in [0.717, 1.165) is 0 Å². The molecule has 3 amide bonds. The third-order valence-corrected chi connectivity index (χ3v) is 6.84. The molecule has 1 fully saturated rings. The molecule has 1 aliphatic rings. The summed E-state index contributed by atoms with van der Waals surface area (Å²) in [5, 5.41) is 34.3. The van der Waals surface area contributed by atoms with Crippen molar-refractivity contribution in [3.8, 4) is 11.5 Å². The molecule has 1 heterocycles. The maximum absolute atomic E-state index is 13.6. The number of nitrogens with two attached hydrogens (primary N) is 1. The Balaban J connectivity index is 1.88. The minimum absolute atomic E-state index is 0.0364. The molecule has 0 spiro atoms. The number of carboxylic acids is 1. The van der Waals surface area contributed by atoms with Crippen molar-refractivity contribution in [3.63, 3.8) is 0 Å². The van der Waals surface area contributed by atoms with E-state index >= 15 is 0 Å². The van der Waals surface area contributed by atoms with Crippen LogP contribution in [0.5, 0.6) is 11.5 Å². The number of benzene rings is 2. The van der Waals surface area contributed by atoms with E-state index in [9.17, 15) is 34.5 Å². The zero-order valence-corrected chi connectivity index (χ0v) is 22.0. The fraction of sp³-hybridized carbons (Fsp3) is 0.429. The zero-order valence-electron chi connectivity index (χ0n) is 22.0. The van der Waals surface area contributed by atoms with Crippen LogP contribution in [0.3, 0.4) is 0 Å². The van der Waals surface area contributed by atoms with Gasteiger partial charge in [0.2, 0.25) is 17.7 Å². The predicted molar refractivity (Wildman–Crippen MR) is 143 cm³/mol. The highest BCUT2D eigenvalue weighted by Gasteiger charge is 2.38. The highest BCUT2D eigenvalue weighted by Crippen LogP contribution is 2.21. The SMILES string of the molecule is CC(C)C(N)C(=O)NC(Cc1ccc(O)cc1)C(=O)NC(Cc1ccc(O)cc1)C(=O)N1CCCC1C(=O)O. The Labute approximate surface area is 227 Å². The summed E-state index contributed by atoms with van der Waals surface area (Å²) in [5.41, 5.74) is 7.29. The third kappa shape index (κ3) is 7.93. The van der Waals surface area contributed by atoms with Crippen molar-refractivity contribution >= 4 is 23.7 Å². The number of rotatable bonds is 11. The molecule has 210 valence electrons. The highest BCUT2D eigenvalue weighted by atomic mass is 16.4. The largest absolute Gasteiger partial charge is 0.508 e. The molecule has 39 heavy (non-hydrogen) atoms. The minimum atomic E-state index is -1.13. The van der Waals surface area contributed by atoms with Gasteiger partial charge in [-0.25, -0.2) is 4.79 Å². The Kier molecular flexibility index (Phi) is 9.89. The molecule has 2 aromatic rings. The average Bonchev–Trinajstić information content (AvgIpc) is 3.40. The number of phenols is 2. The van der Waals surface area contributed by atoms with Gasteiger partial charge in [-0.1, -0.05) is 38.1 Å². The molecule has 1 aliphatic heterocycles. The van der Waals surface area contributed by atoms with Gasteiger partial charge in [-0.05, 0) is 54.2 Å². The van der Waals surface area contributed by atoms with Crippen molar-refractivity contribution in [2.45, 2.75) is 63.7 Å². The summed E-state index contributed by atoms with van der Waals surface area (Å²) in [6, 6.07) is 8.20. The second-order valence-electron chi connectivity index (χ2n) is 10.2. The maximum atomic E-state index is 13.6. The van der Waals surface area contributed by atoms with Gasteiger partial charge in [-0.3, -0.25) is 14.4 Å². The van der Waals surface area contributed by atoms with Crippen LogP contribution in [0.25, 0.3) is 0 Å². The van der Waals surface area contributed by atoms with Gasteiger partial charge in [0.15, 0.2) is 0 Å². The number of amides is 3. The molecule has 2 aromatic carbocycles. The fourth-order valence-corrected chi connectivity index (χ4v) is 4.48. The van der Waals surface area contributed by atoms with E-state index in [1.807, 2.05) is 0 Å². The first-order valence-corrected chi connectivity index (χ1v) is 12.9. The van der Waals surface area contributed by atoms with E-state index in [0.29, 0.717) is 24.0 Å². The van der Waals surface area contributed by atoms with E-state index in [1.165, 1.54) is 29.2 Å². The smallest absolute Gasteiger partial charge is 0.326 e. The van der Waals surface area contributed by atoms with Gasteiger partial charge in [0.25, 0.3) is 0 Å².